The molecule has 0 saturated heterocycles. The molecule has 0 bridgehead atoms. The van der Waals surface area contributed by atoms with Gasteiger partial charge in [0.05, 0.1) is 6.26 Å². The first-order valence-corrected chi connectivity index (χ1v) is 5.80. The maximum atomic E-state index is 6.30. The summed E-state index contributed by atoms with van der Waals surface area (Å²) >= 11 is 0. The molecule has 1 aliphatic carbocycles. The molecule has 2 aromatic rings. The van der Waals surface area contributed by atoms with Gasteiger partial charge in [0.1, 0.15) is 5.58 Å². The normalized spacial score (nSPS) is 18.9. The van der Waals surface area contributed by atoms with Crippen LogP contribution in [0.4, 0.5) is 0 Å². The quantitative estimate of drug-likeness (QED) is 0.835. The fourth-order valence-corrected chi connectivity index (χ4v) is 2.69. The Labute approximate surface area is 95.4 Å². The molecule has 1 aromatic carbocycles. The highest BCUT2D eigenvalue weighted by Gasteiger charge is 2.53. The van der Waals surface area contributed by atoms with Gasteiger partial charge < -0.3 is 10.2 Å². The molecule has 1 heterocycles. The molecule has 2 nitrogen and oxygen atoms in total. The van der Waals surface area contributed by atoms with Gasteiger partial charge in [0.25, 0.3) is 0 Å². The van der Waals surface area contributed by atoms with E-state index in [1.54, 1.807) is 6.26 Å². The fourth-order valence-electron chi connectivity index (χ4n) is 2.69. The minimum Gasteiger partial charge on any atom is -0.464 e. The van der Waals surface area contributed by atoms with E-state index in [1.165, 1.54) is 23.8 Å². The minimum absolute atomic E-state index is 0.148. The van der Waals surface area contributed by atoms with Crippen molar-refractivity contribution in [2.45, 2.75) is 37.6 Å². The third-order valence-corrected chi connectivity index (χ3v) is 3.99. The summed E-state index contributed by atoms with van der Waals surface area (Å²) in [5, 5.41) is 1.17. The lowest BCUT2D eigenvalue weighted by molar-refractivity contribution is 0.392. The van der Waals surface area contributed by atoms with E-state index >= 15 is 0 Å². The summed E-state index contributed by atoms with van der Waals surface area (Å²) in [4.78, 5) is 0. The molecule has 84 valence electrons. The summed E-state index contributed by atoms with van der Waals surface area (Å²) in [6.45, 7) is 4.25. The van der Waals surface area contributed by atoms with Gasteiger partial charge in [0.15, 0.2) is 0 Å². The van der Waals surface area contributed by atoms with E-state index in [1.807, 2.05) is 6.07 Å². The molecule has 1 aliphatic rings. The van der Waals surface area contributed by atoms with Crippen LogP contribution in [-0.4, -0.2) is 5.54 Å². The van der Waals surface area contributed by atoms with E-state index in [-0.39, 0.29) is 11.0 Å². The fraction of sp³-hybridized carbons (Fsp3) is 0.429. The number of hydrogen-bond acceptors (Lipinski definition) is 2. The van der Waals surface area contributed by atoms with E-state index < -0.39 is 0 Å². The predicted octanol–water partition coefficient (Wildman–Crippen LogP) is 3.20. The number of nitrogens with two attached hydrogens (primary N) is 1. The second-order valence-electron chi connectivity index (χ2n) is 5.48. The van der Waals surface area contributed by atoms with Crippen LogP contribution in [0.2, 0.25) is 0 Å². The van der Waals surface area contributed by atoms with E-state index in [0.29, 0.717) is 0 Å². The van der Waals surface area contributed by atoms with Crippen LogP contribution in [-0.2, 0) is 5.41 Å². The Balaban J connectivity index is 2.12. The summed E-state index contributed by atoms with van der Waals surface area (Å²) in [6.07, 6.45) is 4.13. The maximum Gasteiger partial charge on any atom is 0.133 e. The van der Waals surface area contributed by atoms with Crippen molar-refractivity contribution >= 4 is 11.0 Å². The molecule has 1 saturated carbocycles. The summed E-state index contributed by atoms with van der Waals surface area (Å²) in [6, 6.07) is 8.45. The van der Waals surface area contributed by atoms with Crippen LogP contribution < -0.4 is 5.73 Å². The Morgan fingerprint density at radius 2 is 2.00 bits per heavy atom. The first-order chi connectivity index (χ1) is 7.53. The lowest BCUT2D eigenvalue weighted by Gasteiger charge is -2.31. The first-order valence-electron chi connectivity index (χ1n) is 5.80. The summed E-state index contributed by atoms with van der Waals surface area (Å²) < 4.78 is 5.36. The van der Waals surface area contributed by atoms with E-state index in [4.69, 9.17) is 10.2 Å². The number of rotatable bonds is 2. The number of hydrogen-bond donors (Lipinski definition) is 1. The van der Waals surface area contributed by atoms with Gasteiger partial charge in [-0.1, -0.05) is 6.07 Å². The average molecular weight is 215 g/mol. The zero-order valence-corrected chi connectivity index (χ0v) is 9.79. The lowest BCUT2D eigenvalue weighted by atomic mass is 9.79. The number of furan rings is 1. The van der Waals surface area contributed by atoms with Crippen molar-refractivity contribution < 1.29 is 4.42 Å². The van der Waals surface area contributed by atoms with Gasteiger partial charge in [-0.05, 0) is 50.5 Å². The van der Waals surface area contributed by atoms with Crippen LogP contribution in [0.3, 0.4) is 0 Å². The summed E-state index contributed by atoms with van der Waals surface area (Å²) in [5.41, 5.74) is 8.64. The Morgan fingerprint density at radius 3 is 2.62 bits per heavy atom. The maximum absolute atomic E-state index is 6.30. The van der Waals surface area contributed by atoms with Gasteiger partial charge in [-0.15, -0.1) is 0 Å². The minimum atomic E-state index is -0.148. The van der Waals surface area contributed by atoms with Crippen molar-refractivity contribution in [1.82, 2.24) is 0 Å². The van der Waals surface area contributed by atoms with E-state index in [0.717, 1.165) is 5.58 Å². The van der Waals surface area contributed by atoms with Crippen molar-refractivity contribution in [1.29, 1.82) is 0 Å². The van der Waals surface area contributed by atoms with Crippen LogP contribution in [0.5, 0.6) is 0 Å². The molecule has 0 amide bonds. The van der Waals surface area contributed by atoms with Crippen molar-refractivity contribution in [3.63, 3.8) is 0 Å². The van der Waals surface area contributed by atoms with Gasteiger partial charge in [-0.25, -0.2) is 0 Å². The van der Waals surface area contributed by atoms with Gasteiger partial charge in [0.2, 0.25) is 0 Å². The van der Waals surface area contributed by atoms with Crippen LogP contribution in [0.25, 0.3) is 11.0 Å². The van der Waals surface area contributed by atoms with Gasteiger partial charge in [-0.3, -0.25) is 0 Å². The smallest absolute Gasteiger partial charge is 0.133 e. The van der Waals surface area contributed by atoms with Crippen LogP contribution >= 0.6 is 0 Å². The molecule has 3 rings (SSSR count). The molecule has 16 heavy (non-hydrogen) atoms. The summed E-state index contributed by atoms with van der Waals surface area (Å²) in [7, 11) is 0. The molecule has 1 fully saturated rings. The Kier molecular flexibility index (Phi) is 1.79. The molecule has 0 atom stereocenters. The molecule has 2 heteroatoms. The zero-order chi connectivity index (χ0) is 11.4. The van der Waals surface area contributed by atoms with Crippen LogP contribution in [0.15, 0.2) is 34.9 Å². The monoisotopic (exact) mass is 215 g/mol. The second-order valence-corrected chi connectivity index (χ2v) is 5.48. The molecule has 1 aromatic heterocycles. The Bertz CT molecular complexity index is 529. The van der Waals surface area contributed by atoms with Gasteiger partial charge in [-0.2, -0.15) is 0 Å². The van der Waals surface area contributed by atoms with Crippen LogP contribution in [0.1, 0.15) is 32.3 Å². The van der Waals surface area contributed by atoms with Crippen molar-refractivity contribution in [2.75, 3.05) is 0 Å². The zero-order valence-electron chi connectivity index (χ0n) is 9.79. The molecule has 0 spiro atoms. The highest BCUT2D eigenvalue weighted by Crippen LogP contribution is 2.55. The van der Waals surface area contributed by atoms with Gasteiger partial charge >= 0.3 is 0 Å². The standard InChI is InChI=1S/C14H17NO/c1-13(2,15)14(6-7-14)11-3-4-12-10(9-11)5-8-16-12/h3-5,8-9H,6-7,15H2,1-2H3. The largest absolute Gasteiger partial charge is 0.464 e. The van der Waals surface area contributed by atoms with Crippen molar-refractivity contribution in [3.05, 3.63) is 36.1 Å². The third kappa shape index (κ3) is 1.23. The number of benzene rings is 1. The molecular weight excluding hydrogens is 198 g/mol. The number of fused-ring (bicyclic) bond motifs is 1. The molecule has 0 unspecified atom stereocenters. The third-order valence-electron chi connectivity index (χ3n) is 3.99. The van der Waals surface area contributed by atoms with E-state index in [9.17, 15) is 0 Å². The SMILES string of the molecule is CC(C)(N)C1(c2ccc3occc3c2)CC1. The highest BCUT2D eigenvalue weighted by molar-refractivity contribution is 5.78. The molecule has 0 radical (unpaired) electrons. The molecular formula is C14H17NO. The predicted molar refractivity (Wildman–Crippen MR) is 65.4 cm³/mol. The topological polar surface area (TPSA) is 39.2 Å². The van der Waals surface area contributed by atoms with Crippen LogP contribution in [0, 0.1) is 0 Å². The molecule has 2 N–H and O–H groups in total. The lowest BCUT2D eigenvalue weighted by Crippen LogP contribution is -2.45. The Morgan fingerprint density at radius 1 is 1.25 bits per heavy atom. The average Bonchev–Trinajstić information content (AvgIpc) is 2.91. The second kappa shape index (κ2) is 2.89. The summed E-state index contributed by atoms with van der Waals surface area (Å²) in [5.74, 6) is 0. The molecule has 0 aliphatic heterocycles. The Hall–Kier alpha value is -1.28. The van der Waals surface area contributed by atoms with Crippen molar-refractivity contribution in [3.8, 4) is 0 Å². The highest BCUT2D eigenvalue weighted by atomic mass is 16.3. The first kappa shape index (κ1) is 9.91. The van der Waals surface area contributed by atoms with Gasteiger partial charge in [0, 0.05) is 16.3 Å². The van der Waals surface area contributed by atoms with Crippen molar-refractivity contribution in [2.24, 2.45) is 5.73 Å². The van der Waals surface area contributed by atoms with E-state index in [2.05, 4.69) is 32.0 Å².